The molecular formula is C16H22ClNO. The summed E-state index contributed by atoms with van der Waals surface area (Å²) in [6.07, 6.45) is 2.44. The molecule has 3 atom stereocenters. The van der Waals surface area contributed by atoms with E-state index >= 15 is 0 Å². The van der Waals surface area contributed by atoms with E-state index in [-0.39, 0.29) is 11.8 Å². The van der Waals surface area contributed by atoms with Gasteiger partial charge in [-0.15, -0.1) is 0 Å². The second-order valence-electron chi connectivity index (χ2n) is 5.65. The van der Waals surface area contributed by atoms with Crippen molar-refractivity contribution < 1.29 is 4.79 Å². The number of halogens is 1. The largest absolute Gasteiger partial charge is 0.292 e. The van der Waals surface area contributed by atoms with Gasteiger partial charge in [0.2, 0.25) is 0 Å². The van der Waals surface area contributed by atoms with E-state index in [1.807, 2.05) is 19.1 Å². The van der Waals surface area contributed by atoms with Crippen LogP contribution in [0.5, 0.6) is 0 Å². The third-order valence-corrected chi connectivity index (χ3v) is 4.64. The highest BCUT2D eigenvalue weighted by Gasteiger charge is 2.31. The number of Topliss-reactive ketones (excluding diaryl/α,β-unsaturated/α-hetero) is 1. The van der Waals surface area contributed by atoms with Crippen LogP contribution in [0.3, 0.4) is 0 Å². The molecular weight excluding hydrogens is 258 g/mol. The molecule has 0 saturated carbocycles. The van der Waals surface area contributed by atoms with Crippen LogP contribution in [-0.2, 0) is 0 Å². The molecule has 1 aromatic carbocycles. The zero-order valence-electron chi connectivity index (χ0n) is 11.9. The minimum absolute atomic E-state index is 0.0729. The Labute approximate surface area is 120 Å². The van der Waals surface area contributed by atoms with Crippen LogP contribution < -0.4 is 0 Å². The van der Waals surface area contributed by atoms with Gasteiger partial charge in [0.25, 0.3) is 0 Å². The van der Waals surface area contributed by atoms with Crippen molar-refractivity contribution in [1.82, 2.24) is 4.90 Å². The molecule has 1 fully saturated rings. The molecule has 19 heavy (non-hydrogen) atoms. The first-order valence-electron chi connectivity index (χ1n) is 7.06. The smallest absolute Gasteiger partial charge is 0.179 e. The van der Waals surface area contributed by atoms with Crippen molar-refractivity contribution in [2.45, 2.75) is 45.7 Å². The SMILES string of the molecule is CC1CCCN(C(C)C(=O)c2cccc(Cl)c2)C1C. The predicted molar refractivity (Wildman–Crippen MR) is 79.8 cm³/mol. The molecule has 1 aliphatic rings. The Morgan fingerprint density at radius 2 is 2.16 bits per heavy atom. The molecule has 104 valence electrons. The van der Waals surface area contributed by atoms with Gasteiger partial charge in [-0.2, -0.15) is 0 Å². The lowest BCUT2D eigenvalue weighted by Crippen LogP contribution is -2.50. The first-order valence-corrected chi connectivity index (χ1v) is 7.44. The maximum atomic E-state index is 12.5. The highest BCUT2D eigenvalue weighted by molar-refractivity contribution is 6.31. The van der Waals surface area contributed by atoms with Gasteiger partial charge in [0.05, 0.1) is 6.04 Å². The number of ketones is 1. The van der Waals surface area contributed by atoms with E-state index in [0.717, 1.165) is 6.54 Å². The molecule has 0 aromatic heterocycles. The molecule has 3 heteroatoms. The van der Waals surface area contributed by atoms with Crippen molar-refractivity contribution in [2.75, 3.05) is 6.54 Å². The summed E-state index contributed by atoms with van der Waals surface area (Å²) in [7, 11) is 0. The van der Waals surface area contributed by atoms with Crippen LogP contribution in [0.2, 0.25) is 5.02 Å². The summed E-state index contributed by atoms with van der Waals surface area (Å²) in [6, 6.07) is 7.64. The molecule has 1 saturated heterocycles. The van der Waals surface area contributed by atoms with Crippen LogP contribution >= 0.6 is 11.6 Å². The van der Waals surface area contributed by atoms with E-state index < -0.39 is 0 Å². The summed E-state index contributed by atoms with van der Waals surface area (Å²) >= 11 is 5.97. The van der Waals surface area contributed by atoms with Crippen molar-refractivity contribution >= 4 is 17.4 Å². The topological polar surface area (TPSA) is 20.3 Å². The van der Waals surface area contributed by atoms with E-state index in [0.29, 0.717) is 22.5 Å². The standard InChI is InChI=1S/C16H22ClNO/c1-11-6-5-9-18(12(11)2)13(3)16(19)14-7-4-8-15(17)10-14/h4,7-8,10-13H,5-6,9H2,1-3H3. The van der Waals surface area contributed by atoms with Gasteiger partial charge >= 0.3 is 0 Å². The lowest BCUT2D eigenvalue weighted by Gasteiger charge is -2.41. The Bertz CT molecular complexity index is 460. The number of carbonyl (C=O) groups excluding carboxylic acids is 1. The summed E-state index contributed by atoms with van der Waals surface area (Å²) in [6.45, 7) is 7.52. The number of hydrogen-bond donors (Lipinski definition) is 0. The monoisotopic (exact) mass is 279 g/mol. The van der Waals surface area contributed by atoms with E-state index in [1.165, 1.54) is 12.8 Å². The summed E-state index contributed by atoms with van der Waals surface area (Å²) in [5.41, 5.74) is 0.713. The number of benzene rings is 1. The zero-order chi connectivity index (χ0) is 14.0. The van der Waals surface area contributed by atoms with Gasteiger partial charge in [-0.05, 0) is 51.3 Å². The number of carbonyl (C=O) groups is 1. The number of rotatable bonds is 3. The quantitative estimate of drug-likeness (QED) is 0.779. The Morgan fingerprint density at radius 3 is 2.84 bits per heavy atom. The van der Waals surface area contributed by atoms with Crippen molar-refractivity contribution in [3.63, 3.8) is 0 Å². The van der Waals surface area contributed by atoms with Crippen molar-refractivity contribution in [1.29, 1.82) is 0 Å². The molecule has 0 bridgehead atoms. The lowest BCUT2D eigenvalue weighted by molar-refractivity contribution is 0.0569. The van der Waals surface area contributed by atoms with Gasteiger partial charge in [0.15, 0.2) is 5.78 Å². The van der Waals surface area contributed by atoms with Crippen molar-refractivity contribution in [3.8, 4) is 0 Å². The van der Waals surface area contributed by atoms with E-state index in [4.69, 9.17) is 11.6 Å². The van der Waals surface area contributed by atoms with E-state index in [1.54, 1.807) is 12.1 Å². The van der Waals surface area contributed by atoms with Crippen LogP contribution in [-0.4, -0.2) is 29.3 Å². The number of nitrogens with zero attached hydrogens (tertiary/aromatic N) is 1. The molecule has 2 nitrogen and oxygen atoms in total. The first-order chi connectivity index (χ1) is 9.00. The number of likely N-dealkylation sites (tertiary alicyclic amines) is 1. The van der Waals surface area contributed by atoms with Gasteiger partial charge < -0.3 is 0 Å². The van der Waals surface area contributed by atoms with Crippen LogP contribution in [0.4, 0.5) is 0 Å². The lowest BCUT2D eigenvalue weighted by atomic mass is 9.89. The summed E-state index contributed by atoms with van der Waals surface area (Å²) in [5.74, 6) is 0.826. The Hall–Kier alpha value is -0.860. The Kier molecular flexibility index (Phi) is 4.64. The zero-order valence-corrected chi connectivity index (χ0v) is 12.7. The molecule has 1 aromatic rings. The second kappa shape index (κ2) is 6.06. The molecule has 1 aliphatic heterocycles. The minimum Gasteiger partial charge on any atom is -0.292 e. The molecule has 1 heterocycles. The third-order valence-electron chi connectivity index (χ3n) is 4.41. The predicted octanol–water partition coefficient (Wildman–Crippen LogP) is 4.03. The summed E-state index contributed by atoms with van der Waals surface area (Å²) in [5, 5.41) is 0.623. The molecule has 0 amide bonds. The van der Waals surface area contributed by atoms with E-state index in [2.05, 4.69) is 18.7 Å². The van der Waals surface area contributed by atoms with Gasteiger partial charge in [-0.3, -0.25) is 9.69 Å². The molecule has 0 N–H and O–H groups in total. The molecule has 2 rings (SSSR count). The maximum absolute atomic E-state index is 12.5. The molecule has 0 radical (unpaired) electrons. The second-order valence-corrected chi connectivity index (χ2v) is 6.08. The fraction of sp³-hybridized carbons (Fsp3) is 0.562. The van der Waals surface area contributed by atoms with Crippen LogP contribution in [0, 0.1) is 5.92 Å². The van der Waals surface area contributed by atoms with Gasteiger partial charge in [-0.1, -0.05) is 30.7 Å². The van der Waals surface area contributed by atoms with E-state index in [9.17, 15) is 4.79 Å². The molecule has 0 spiro atoms. The fourth-order valence-corrected chi connectivity index (χ4v) is 3.14. The third kappa shape index (κ3) is 3.18. The molecule has 3 unspecified atom stereocenters. The van der Waals surface area contributed by atoms with Crippen LogP contribution in [0.15, 0.2) is 24.3 Å². The molecule has 0 aliphatic carbocycles. The highest BCUT2D eigenvalue weighted by atomic mass is 35.5. The van der Waals surface area contributed by atoms with Gasteiger partial charge in [-0.25, -0.2) is 0 Å². The number of piperidine rings is 1. The summed E-state index contributed by atoms with van der Waals surface area (Å²) < 4.78 is 0. The minimum atomic E-state index is -0.0729. The van der Waals surface area contributed by atoms with Gasteiger partial charge in [0, 0.05) is 16.6 Å². The van der Waals surface area contributed by atoms with Crippen molar-refractivity contribution in [3.05, 3.63) is 34.9 Å². The Morgan fingerprint density at radius 1 is 1.42 bits per heavy atom. The normalized spacial score (nSPS) is 26.1. The highest BCUT2D eigenvalue weighted by Crippen LogP contribution is 2.26. The van der Waals surface area contributed by atoms with Crippen LogP contribution in [0.25, 0.3) is 0 Å². The first kappa shape index (κ1) is 14.5. The average molecular weight is 280 g/mol. The fourth-order valence-electron chi connectivity index (χ4n) is 2.95. The van der Waals surface area contributed by atoms with Crippen LogP contribution in [0.1, 0.15) is 44.0 Å². The Balaban J connectivity index is 2.14. The number of hydrogen-bond acceptors (Lipinski definition) is 2. The maximum Gasteiger partial charge on any atom is 0.179 e. The summed E-state index contributed by atoms with van der Waals surface area (Å²) in [4.78, 5) is 14.9. The van der Waals surface area contributed by atoms with Crippen molar-refractivity contribution in [2.24, 2.45) is 5.92 Å². The average Bonchev–Trinajstić information content (AvgIpc) is 2.40. The van der Waals surface area contributed by atoms with Gasteiger partial charge in [0.1, 0.15) is 0 Å².